The normalized spacial score (nSPS) is 16.6. The number of aromatic nitrogens is 1. The Balaban J connectivity index is 1.86. The lowest BCUT2D eigenvalue weighted by molar-refractivity contribution is -0.129. The quantitative estimate of drug-likeness (QED) is 0.634. The van der Waals surface area contributed by atoms with Crippen LogP contribution in [0.3, 0.4) is 0 Å². The second kappa shape index (κ2) is 7.69. The lowest BCUT2D eigenvalue weighted by atomic mass is 9.88. The van der Waals surface area contributed by atoms with Crippen LogP contribution in [0, 0.1) is 0 Å². The molecule has 5 heteroatoms. The molecular weight excluding hydrogens is 376 g/mol. The van der Waals surface area contributed by atoms with E-state index in [0.29, 0.717) is 0 Å². The van der Waals surface area contributed by atoms with Gasteiger partial charge in [0.2, 0.25) is 5.91 Å². The monoisotopic (exact) mass is 398 g/mol. The first-order valence-electron chi connectivity index (χ1n) is 9.36. The molecule has 0 spiro atoms. The van der Waals surface area contributed by atoms with Crippen molar-refractivity contribution in [3.63, 3.8) is 0 Å². The summed E-state index contributed by atoms with van der Waals surface area (Å²) in [5.41, 5.74) is 7.65. The molecule has 27 heavy (non-hydrogen) atoms. The van der Waals surface area contributed by atoms with E-state index in [1.807, 2.05) is 17.2 Å². The van der Waals surface area contributed by atoms with Gasteiger partial charge in [-0.05, 0) is 66.8 Å². The fraction of sp³-hybridized carbons (Fsp3) is 0.364. The SMILES string of the molecule is CSc1cnc2c(c1)CCc1cc(Cl)ccc1C2=C1CCN(C(C)=O)CC1. The third-order valence-electron chi connectivity index (χ3n) is 5.58. The minimum Gasteiger partial charge on any atom is -0.342 e. The molecule has 0 unspecified atom stereocenters. The molecule has 1 amide bonds. The van der Waals surface area contributed by atoms with Gasteiger partial charge in [0.1, 0.15) is 0 Å². The van der Waals surface area contributed by atoms with E-state index in [4.69, 9.17) is 16.6 Å². The van der Waals surface area contributed by atoms with Crippen LogP contribution >= 0.6 is 23.4 Å². The maximum Gasteiger partial charge on any atom is 0.219 e. The van der Waals surface area contributed by atoms with Gasteiger partial charge < -0.3 is 4.90 Å². The first-order valence-corrected chi connectivity index (χ1v) is 11.0. The summed E-state index contributed by atoms with van der Waals surface area (Å²) >= 11 is 8.03. The first-order chi connectivity index (χ1) is 13.1. The summed E-state index contributed by atoms with van der Waals surface area (Å²) in [5.74, 6) is 0.162. The predicted molar refractivity (Wildman–Crippen MR) is 112 cm³/mol. The number of carbonyl (C=O) groups excluding carboxylic acids is 1. The van der Waals surface area contributed by atoms with Crippen molar-refractivity contribution in [3.8, 4) is 0 Å². The van der Waals surface area contributed by atoms with Gasteiger partial charge in [-0.15, -0.1) is 11.8 Å². The Morgan fingerprint density at radius 1 is 1.11 bits per heavy atom. The number of thioether (sulfide) groups is 1. The zero-order valence-corrected chi connectivity index (χ0v) is 17.3. The Morgan fingerprint density at radius 3 is 2.56 bits per heavy atom. The Kier molecular flexibility index (Phi) is 5.29. The van der Waals surface area contributed by atoms with Crippen LogP contribution in [-0.4, -0.2) is 35.1 Å². The molecule has 0 N–H and O–H groups in total. The van der Waals surface area contributed by atoms with Gasteiger partial charge >= 0.3 is 0 Å². The van der Waals surface area contributed by atoms with E-state index < -0.39 is 0 Å². The molecule has 2 heterocycles. The van der Waals surface area contributed by atoms with Crippen LogP contribution in [0.15, 0.2) is 40.9 Å². The number of halogens is 1. The fourth-order valence-electron chi connectivity index (χ4n) is 4.13. The van der Waals surface area contributed by atoms with Crippen LogP contribution in [-0.2, 0) is 17.6 Å². The molecule has 3 nitrogen and oxygen atoms in total. The van der Waals surface area contributed by atoms with E-state index in [9.17, 15) is 4.79 Å². The van der Waals surface area contributed by atoms with Gasteiger partial charge in [-0.3, -0.25) is 9.78 Å². The molecule has 4 rings (SSSR count). The second-order valence-electron chi connectivity index (χ2n) is 7.17. The topological polar surface area (TPSA) is 33.2 Å². The van der Waals surface area contributed by atoms with E-state index in [-0.39, 0.29) is 5.91 Å². The van der Waals surface area contributed by atoms with Crippen molar-refractivity contribution in [1.29, 1.82) is 0 Å². The van der Waals surface area contributed by atoms with Crippen molar-refractivity contribution in [2.75, 3.05) is 19.3 Å². The van der Waals surface area contributed by atoms with Crippen molar-refractivity contribution in [3.05, 3.63) is 63.4 Å². The molecule has 0 atom stereocenters. The summed E-state index contributed by atoms with van der Waals surface area (Å²) in [7, 11) is 0. The molecule has 0 radical (unpaired) electrons. The summed E-state index contributed by atoms with van der Waals surface area (Å²) in [6, 6.07) is 8.51. The number of hydrogen-bond donors (Lipinski definition) is 0. The molecular formula is C22H23ClN2OS. The molecule has 1 fully saturated rings. The van der Waals surface area contributed by atoms with E-state index >= 15 is 0 Å². The van der Waals surface area contributed by atoms with Crippen LogP contribution in [0.5, 0.6) is 0 Å². The lowest BCUT2D eigenvalue weighted by Crippen LogP contribution is -2.34. The standard InChI is InChI=1S/C22H23ClN2OS/c1-14(26)25-9-7-15(8-10-25)21-20-6-5-18(23)11-16(20)3-4-17-12-19(27-2)13-24-22(17)21/h5-6,11-13H,3-4,7-10H2,1-2H3. The molecule has 0 bridgehead atoms. The number of benzene rings is 1. The van der Waals surface area contributed by atoms with Gasteiger partial charge in [-0.1, -0.05) is 23.2 Å². The predicted octanol–water partition coefficient (Wildman–Crippen LogP) is 5.00. The lowest BCUT2D eigenvalue weighted by Gasteiger charge is -2.29. The van der Waals surface area contributed by atoms with Crippen molar-refractivity contribution in [2.45, 2.75) is 37.5 Å². The van der Waals surface area contributed by atoms with Gasteiger partial charge in [0.25, 0.3) is 0 Å². The number of fused-ring (bicyclic) bond motifs is 2. The summed E-state index contributed by atoms with van der Waals surface area (Å²) in [6.45, 7) is 3.23. The number of aryl methyl sites for hydroxylation is 2. The molecule has 0 saturated carbocycles. The molecule has 1 aromatic carbocycles. The van der Waals surface area contributed by atoms with E-state index in [0.717, 1.165) is 49.5 Å². The van der Waals surface area contributed by atoms with Crippen molar-refractivity contribution in [1.82, 2.24) is 9.88 Å². The Morgan fingerprint density at radius 2 is 1.85 bits per heavy atom. The van der Waals surface area contributed by atoms with Gasteiger partial charge in [-0.25, -0.2) is 0 Å². The molecule has 1 saturated heterocycles. The maximum atomic E-state index is 11.7. The molecule has 1 aliphatic heterocycles. The molecule has 2 aromatic rings. The second-order valence-corrected chi connectivity index (χ2v) is 8.49. The van der Waals surface area contributed by atoms with E-state index in [2.05, 4.69) is 24.5 Å². The van der Waals surface area contributed by atoms with Gasteiger partial charge in [0.15, 0.2) is 0 Å². The highest BCUT2D eigenvalue weighted by Gasteiger charge is 2.26. The number of likely N-dealkylation sites (tertiary alicyclic amines) is 1. The summed E-state index contributed by atoms with van der Waals surface area (Å²) in [4.78, 5) is 19.8. The maximum absolute atomic E-state index is 11.7. The highest BCUT2D eigenvalue weighted by molar-refractivity contribution is 7.98. The summed E-state index contributed by atoms with van der Waals surface area (Å²) in [5, 5.41) is 0.785. The van der Waals surface area contributed by atoms with E-state index in [1.165, 1.54) is 32.7 Å². The summed E-state index contributed by atoms with van der Waals surface area (Å²) in [6.07, 6.45) is 7.82. The minimum absolute atomic E-state index is 0.162. The molecule has 140 valence electrons. The number of nitrogens with zero attached hydrogens (tertiary/aromatic N) is 2. The van der Waals surface area contributed by atoms with Crippen LogP contribution in [0.2, 0.25) is 5.02 Å². The Hall–Kier alpha value is -1.78. The van der Waals surface area contributed by atoms with Crippen LogP contribution in [0.1, 0.15) is 42.1 Å². The zero-order chi connectivity index (χ0) is 19.0. The van der Waals surface area contributed by atoms with Crippen molar-refractivity contribution >= 4 is 34.8 Å². The Bertz CT molecular complexity index is 928. The first kappa shape index (κ1) is 18.6. The fourth-order valence-corrected chi connectivity index (χ4v) is 4.74. The molecule has 1 aliphatic carbocycles. The van der Waals surface area contributed by atoms with Crippen molar-refractivity contribution < 1.29 is 4.79 Å². The Labute approximate surface area is 169 Å². The number of amides is 1. The van der Waals surface area contributed by atoms with Gasteiger partial charge in [0.05, 0.1) is 5.69 Å². The number of piperidine rings is 1. The third kappa shape index (κ3) is 3.65. The van der Waals surface area contributed by atoms with Crippen molar-refractivity contribution in [2.24, 2.45) is 0 Å². The van der Waals surface area contributed by atoms with Crippen LogP contribution < -0.4 is 0 Å². The molecule has 1 aromatic heterocycles. The van der Waals surface area contributed by atoms with Crippen LogP contribution in [0.25, 0.3) is 5.57 Å². The highest BCUT2D eigenvalue weighted by Crippen LogP contribution is 2.39. The highest BCUT2D eigenvalue weighted by atomic mass is 35.5. The summed E-state index contributed by atoms with van der Waals surface area (Å²) < 4.78 is 0. The number of hydrogen-bond acceptors (Lipinski definition) is 3. The largest absolute Gasteiger partial charge is 0.342 e. The van der Waals surface area contributed by atoms with Crippen LogP contribution in [0.4, 0.5) is 0 Å². The molecule has 2 aliphatic rings. The number of carbonyl (C=O) groups is 1. The smallest absolute Gasteiger partial charge is 0.219 e. The average molecular weight is 399 g/mol. The number of pyridine rings is 1. The third-order valence-corrected chi connectivity index (χ3v) is 6.51. The average Bonchev–Trinajstić information content (AvgIpc) is 2.84. The minimum atomic E-state index is 0.162. The number of rotatable bonds is 1. The van der Waals surface area contributed by atoms with Gasteiger partial charge in [-0.2, -0.15) is 0 Å². The zero-order valence-electron chi connectivity index (χ0n) is 15.7. The van der Waals surface area contributed by atoms with Gasteiger partial charge in [0, 0.05) is 41.7 Å². The van der Waals surface area contributed by atoms with E-state index in [1.54, 1.807) is 18.7 Å².